The molecular formula is C29H34O2. The fourth-order valence-electron chi connectivity index (χ4n) is 7.09. The molecular weight excluding hydrogens is 380 g/mol. The molecule has 3 aliphatic rings. The number of hydrogen-bond acceptors (Lipinski definition) is 2. The normalized spacial score (nSPS) is 31.5. The van der Waals surface area contributed by atoms with E-state index in [-0.39, 0.29) is 5.41 Å². The maximum atomic E-state index is 13.0. The molecule has 5 atom stereocenters. The second-order valence-corrected chi connectivity index (χ2v) is 10.3. The highest BCUT2D eigenvalue weighted by Gasteiger charge is 2.58. The van der Waals surface area contributed by atoms with Crippen LogP contribution in [0.25, 0.3) is 0 Å². The smallest absolute Gasteiger partial charge is 0.139 e. The maximum absolute atomic E-state index is 13.0. The van der Waals surface area contributed by atoms with Gasteiger partial charge in [-0.25, -0.2) is 0 Å². The summed E-state index contributed by atoms with van der Waals surface area (Å²) >= 11 is 0. The lowest BCUT2D eigenvalue weighted by atomic mass is 9.54. The van der Waals surface area contributed by atoms with E-state index in [0.717, 1.165) is 37.9 Å². The van der Waals surface area contributed by atoms with E-state index in [1.807, 2.05) is 12.1 Å². The molecule has 31 heavy (non-hydrogen) atoms. The van der Waals surface area contributed by atoms with Gasteiger partial charge in [0.25, 0.3) is 0 Å². The van der Waals surface area contributed by atoms with Crippen LogP contribution in [0.15, 0.2) is 55.1 Å². The number of rotatable bonds is 5. The van der Waals surface area contributed by atoms with Crippen molar-refractivity contribution in [3.05, 3.63) is 77.4 Å². The van der Waals surface area contributed by atoms with Gasteiger partial charge in [-0.15, -0.1) is 6.58 Å². The van der Waals surface area contributed by atoms with Gasteiger partial charge in [0.1, 0.15) is 18.1 Å². The van der Waals surface area contributed by atoms with Gasteiger partial charge in [0.2, 0.25) is 0 Å². The summed E-state index contributed by atoms with van der Waals surface area (Å²) in [6.45, 7) is 9.04. The number of carbonyl (C=O) groups excluding carboxylic acids is 1. The van der Waals surface area contributed by atoms with Gasteiger partial charge >= 0.3 is 0 Å². The van der Waals surface area contributed by atoms with Crippen molar-refractivity contribution < 1.29 is 9.53 Å². The Morgan fingerprint density at radius 1 is 1.19 bits per heavy atom. The van der Waals surface area contributed by atoms with Crippen LogP contribution in [0.2, 0.25) is 0 Å². The van der Waals surface area contributed by atoms with Gasteiger partial charge in [-0.3, -0.25) is 4.79 Å². The van der Waals surface area contributed by atoms with Crippen LogP contribution in [-0.4, -0.2) is 5.78 Å². The highest BCUT2D eigenvalue weighted by Crippen LogP contribution is 2.62. The van der Waals surface area contributed by atoms with E-state index in [2.05, 4.69) is 56.8 Å². The van der Waals surface area contributed by atoms with Gasteiger partial charge in [0.15, 0.2) is 0 Å². The fourth-order valence-corrected chi connectivity index (χ4v) is 7.09. The van der Waals surface area contributed by atoms with Crippen molar-refractivity contribution in [2.75, 3.05) is 0 Å². The van der Waals surface area contributed by atoms with Crippen molar-refractivity contribution >= 4 is 5.78 Å². The molecule has 5 rings (SSSR count). The van der Waals surface area contributed by atoms with Crippen molar-refractivity contribution in [3.63, 3.8) is 0 Å². The van der Waals surface area contributed by atoms with E-state index in [4.69, 9.17) is 4.74 Å². The van der Waals surface area contributed by atoms with Crippen LogP contribution in [0, 0.1) is 30.1 Å². The van der Waals surface area contributed by atoms with Gasteiger partial charge in [0, 0.05) is 11.8 Å². The Morgan fingerprint density at radius 2 is 2.00 bits per heavy atom. The number of Topliss-reactive ketones (excluding diaryl/α,β-unsaturated/α-hetero) is 1. The SMILES string of the molecule is C=CC[C@H]1CC(=O)[C@@]2(C)CC[C@@H]3c4cc(C)c(OCc5ccccc5)cc4CC[C@H]3[C@H]12. The van der Waals surface area contributed by atoms with E-state index in [1.54, 1.807) is 0 Å². The lowest BCUT2D eigenvalue weighted by Gasteiger charge is -2.50. The molecule has 0 unspecified atom stereocenters. The van der Waals surface area contributed by atoms with Crippen LogP contribution in [-0.2, 0) is 17.8 Å². The molecule has 2 heteroatoms. The molecule has 0 aliphatic heterocycles. The monoisotopic (exact) mass is 414 g/mol. The van der Waals surface area contributed by atoms with Crippen LogP contribution in [0.1, 0.15) is 67.2 Å². The highest BCUT2D eigenvalue weighted by atomic mass is 16.5. The van der Waals surface area contributed by atoms with Crippen molar-refractivity contribution in [1.82, 2.24) is 0 Å². The van der Waals surface area contributed by atoms with E-state index in [9.17, 15) is 4.79 Å². The topological polar surface area (TPSA) is 26.3 Å². The number of ketones is 1. The fraction of sp³-hybridized carbons (Fsp3) is 0.483. The summed E-state index contributed by atoms with van der Waals surface area (Å²) in [5.74, 6) is 3.73. The van der Waals surface area contributed by atoms with Gasteiger partial charge in [-0.05, 0) is 91.0 Å². The van der Waals surface area contributed by atoms with Crippen molar-refractivity contribution in [2.24, 2.45) is 23.2 Å². The number of ether oxygens (including phenoxy) is 1. The predicted octanol–water partition coefficient (Wildman–Crippen LogP) is 6.80. The van der Waals surface area contributed by atoms with Gasteiger partial charge in [0.05, 0.1) is 0 Å². The average molecular weight is 415 g/mol. The first-order chi connectivity index (χ1) is 15.0. The van der Waals surface area contributed by atoms with Crippen molar-refractivity contribution in [1.29, 1.82) is 0 Å². The first-order valence-electron chi connectivity index (χ1n) is 12.0. The third-order valence-electron chi connectivity index (χ3n) is 8.57. The summed E-state index contributed by atoms with van der Waals surface area (Å²) in [5, 5.41) is 0. The molecule has 2 aromatic rings. The summed E-state index contributed by atoms with van der Waals surface area (Å²) in [4.78, 5) is 13.0. The zero-order valence-corrected chi connectivity index (χ0v) is 18.9. The first kappa shape index (κ1) is 20.5. The molecule has 3 aliphatic carbocycles. The minimum atomic E-state index is -0.111. The van der Waals surface area contributed by atoms with Crippen LogP contribution in [0.3, 0.4) is 0 Å². The zero-order valence-electron chi connectivity index (χ0n) is 18.9. The third-order valence-corrected chi connectivity index (χ3v) is 8.57. The Bertz CT molecular complexity index is 991. The largest absolute Gasteiger partial charge is 0.489 e. The van der Waals surface area contributed by atoms with Gasteiger partial charge < -0.3 is 4.74 Å². The summed E-state index contributed by atoms with van der Waals surface area (Å²) in [6, 6.07) is 15.1. The van der Waals surface area contributed by atoms with E-state index in [1.165, 1.54) is 28.7 Å². The zero-order chi connectivity index (χ0) is 21.6. The van der Waals surface area contributed by atoms with Crippen LogP contribution >= 0.6 is 0 Å². The molecule has 2 fully saturated rings. The predicted molar refractivity (Wildman–Crippen MR) is 125 cm³/mol. The van der Waals surface area contributed by atoms with Crippen LogP contribution < -0.4 is 4.74 Å². The Labute approximate surface area is 186 Å². The van der Waals surface area contributed by atoms with Gasteiger partial charge in [-0.2, -0.15) is 0 Å². The summed E-state index contributed by atoms with van der Waals surface area (Å²) < 4.78 is 6.22. The number of allylic oxidation sites excluding steroid dienone is 1. The average Bonchev–Trinajstić information content (AvgIpc) is 3.03. The number of hydrogen-bond donors (Lipinski definition) is 0. The number of carbonyl (C=O) groups is 1. The first-order valence-corrected chi connectivity index (χ1v) is 12.0. The van der Waals surface area contributed by atoms with Gasteiger partial charge in [-0.1, -0.05) is 49.4 Å². The molecule has 0 aromatic heterocycles. The molecule has 0 spiro atoms. The lowest BCUT2D eigenvalue weighted by Crippen LogP contribution is -2.44. The van der Waals surface area contributed by atoms with E-state index >= 15 is 0 Å². The molecule has 0 heterocycles. The Hall–Kier alpha value is -2.35. The highest BCUT2D eigenvalue weighted by molar-refractivity contribution is 5.87. The Kier molecular flexibility index (Phi) is 5.28. The molecule has 2 nitrogen and oxygen atoms in total. The molecule has 0 radical (unpaired) electrons. The van der Waals surface area contributed by atoms with Crippen molar-refractivity contribution in [3.8, 4) is 5.75 Å². The van der Waals surface area contributed by atoms with Crippen LogP contribution in [0.4, 0.5) is 0 Å². The van der Waals surface area contributed by atoms with Crippen molar-refractivity contribution in [2.45, 2.75) is 64.9 Å². The molecule has 162 valence electrons. The summed E-state index contributed by atoms with van der Waals surface area (Å²) in [6.07, 6.45) is 8.24. The van der Waals surface area contributed by atoms with Crippen LogP contribution in [0.5, 0.6) is 5.75 Å². The molecule has 0 N–H and O–H groups in total. The molecule has 0 amide bonds. The number of aryl methyl sites for hydroxylation is 2. The number of benzene rings is 2. The second kappa shape index (κ2) is 7.97. The minimum absolute atomic E-state index is 0.111. The van der Waals surface area contributed by atoms with E-state index in [0.29, 0.717) is 36.1 Å². The summed E-state index contributed by atoms with van der Waals surface area (Å²) in [5.41, 5.74) is 5.31. The lowest BCUT2D eigenvalue weighted by molar-refractivity contribution is -0.129. The molecule has 0 saturated heterocycles. The molecule has 2 saturated carbocycles. The molecule has 0 bridgehead atoms. The maximum Gasteiger partial charge on any atom is 0.139 e. The third kappa shape index (κ3) is 3.45. The second-order valence-electron chi connectivity index (χ2n) is 10.3. The minimum Gasteiger partial charge on any atom is -0.489 e. The standard InChI is InChI=1S/C29H34O2/c1-4-8-22-17-27(30)29(3)14-13-23-24(28(22)29)12-11-21-16-26(19(2)15-25(21)23)31-18-20-9-6-5-7-10-20/h4-7,9-10,15-16,22-24,28H,1,8,11-14,17-18H2,2-3H3/t22-,23-,24+,28-,29+/m0/s1. The molecule has 2 aromatic carbocycles. The van der Waals surface area contributed by atoms with E-state index < -0.39 is 0 Å². The summed E-state index contributed by atoms with van der Waals surface area (Å²) in [7, 11) is 0. The Morgan fingerprint density at radius 3 is 2.77 bits per heavy atom. The quantitative estimate of drug-likeness (QED) is 0.503. The Balaban J connectivity index is 1.41. The number of fused-ring (bicyclic) bond motifs is 5.